The summed E-state index contributed by atoms with van der Waals surface area (Å²) in [7, 11) is 0. The van der Waals surface area contributed by atoms with Gasteiger partial charge < -0.3 is 14.6 Å². The second kappa shape index (κ2) is 7.94. The van der Waals surface area contributed by atoms with Crippen LogP contribution >= 0.6 is 0 Å². The van der Waals surface area contributed by atoms with Crippen LogP contribution in [0, 0.1) is 17.0 Å². The van der Waals surface area contributed by atoms with Crippen molar-refractivity contribution < 1.29 is 36.5 Å². The molecule has 0 amide bonds. The van der Waals surface area contributed by atoms with Gasteiger partial charge in [-0.1, -0.05) is 12.1 Å². The molecule has 0 radical (unpaired) electrons. The number of hydrogen-bond acceptors (Lipinski definition) is 6. The summed E-state index contributed by atoms with van der Waals surface area (Å²) < 4.78 is 86.1. The summed E-state index contributed by atoms with van der Waals surface area (Å²) in [5, 5.41) is 21.8. The van der Waals surface area contributed by atoms with Crippen LogP contribution in [0.2, 0.25) is 0 Å². The Bertz CT molecular complexity index is 1300. The van der Waals surface area contributed by atoms with Gasteiger partial charge in [-0.3, -0.25) is 0 Å². The first-order valence-electron chi connectivity index (χ1n) is 11.8. The Morgan fingerprint density at radius 3 is 2.32 bits per heavy atom. The van der Waals surface area contributed by atoms with Crippen LogP contribution in [0.3, 0.4) is 0 Å². The Labute approximate surface area is 208 Å². The topological polar surface area (TPSA) is 82.3 Å². The molecule has 2 heterocycles. The quantitative estimate of drug-likeness (QED) is 0.432. The van der Waals surface area contributed by atoms with Crippen LogP contribution < -0.4 is 4.74 Å². The fraction of sp³-hybridized carbons (Fsp3) is 0.480. The summed E-state index contributed by atoms with van der Waals surface area (Å²) in [4.78, 5) is 0. The van der Waals surface area contributed by atoms with Crippen molar-refractivity contribution in [3.63, 3.8) is 0 Å². The lowest BCUT2D eigenvalue weighted by molar-refractivity contribution is -0.347. The smallest absolute Gasteiger partial charge is 0.287 e. The average Bonchev–Trinajstić information content (AvgIpc) is 3.28. The molecule has 12 heteroatoms. The molecule has 1 N–H and O–H groups in total. The van der Waals surface area contributed by atoms with Crippen molar-refractivity contribution >= 4 is 0 Å². The lowest BCUT2D eigenvalue weighted by Crippen LogP contribution is -2.76. The first-order valence-corrected chi connectivity index (χ1v) is 11.8. The summed E-state index contributed by atoms with van der Waals surface area (Å²) in [6.45, 7) is -0.970. The maximum absolute atomic E-state index is 16.2. The van der Waals surface area contributed by atoms with Gasteiger partial charge in [-0.05, 0) is 64.9 Å². The van der Waals surface area contributed by atoms with Crippen molar-refractivity contribution in [2.24, 2.45) is 5.41 Å². The van der Waals surface area contributed by atoms with Gasteiger partial charge in [0.05, 0.1) is 19.8 Å². The minimum absolute atomic E-state index is 0.00786. The van der Waals surface area contributed by atoms with Crippen molar-refractivity contribution in [2.75, 3.05) is 19.8 Å². The lowest BCUT2D eigenvalue weighted by Gasteiger charge is -2.74. The SMILES string of the molecule is O[C@@](Cn1cnnn1)(c1ccc(F)cc1F)C(F)(F)C12CC(c3ccc(OCC4(F)COC4)cc3)(C1)C2. The minimum atomic E-state index is -3.80. The number of rotatable bonds is 9. The zero-order chi connectivity index (χ0) is 26.1. The fourth-order valence-electron chi connectivity index (χ4n) is 6.06. The summed E-state index contributed by atoms with van der Waals surface area (Å²) in [5.41, 5.74) is -6.52. The summed E-state index contributed by atoms with van der Waals surface area (Å²) >= 11 is 0. The van der Waals surface area contributed by atoms with E-state index in [-0.39, 0.29) is 39.1 Å². The van der Waals surface area contributed by atoms with E-state index in [1.165, 1.54) is 0 Å². The largest absolute Gasteiger partial charge is 0.490 e. The van der Waals surface area contributed by atoms with Gasteiger partial charge >= 0.3 is 0 Å². The van der Waals surface area contributed by atoms with Crippen LogP contribution in [0.25, 0.3) is 0 Å². The molecule has 1 saturated heterocycles. The number of benzene rings is 2. The Morgan fingerprint density at radius 1 is 1.05 bits per heavy atom. The number of hydrogen-bond donors (Lipinski definition) is 1. The molecule has 3 saturated carbocycles. The van der Waals surface area contributed by atoms with Crippen LogP contribution in [0.1, 0.15) is 30.4 Å². The van der Waals surface area contributed by atoms with Gasteiger partial charge in [0.2, 0.25) is 0 Å². The Hall–Kier alpha value is -3.12. The van der Waals surface area contributed by atoms with Crippen molar-refractivity contribution in [1.82, 2.24) is 20.2 Å². The second-order valence-corrected chi connectivity index (χ2v) is 10.6. The van der Waals surface area contributed by atoms with Gasteiger partial charge in [0.25, 0.3) is 5.92 Å². The van der Waals surface area contributed by atoms with Gasteiger partial charge in [0.15, 0.2) is 11.3 Å². The molecule has 7 rings (SSSR count). The molecule has 4 aliphatic rings. The van der Waals surface area contributed by atoms with E-state index in [2.05, 4.69) is 15.5 Å². The molecule has 196 valence electrons. The van der Waals surface area contributed by atoms with Crippen LogP contribution in [-0.2, 0) is 22.3 Å². The first-order chi connectivity index (χ1) is 17.5. The van der Waals surface area contributed by atoms with E-state index in [9.17, 15) is 18.3 Å². The molecule has 1 aromatic heterocycles. The zero-order valence-corrected chi connectivity index (χ0v) is 19.5. The molecule has 0 unspecified atom stereocenters. The van der Waals surface area contributed by atoms with Crippen molar-refractivity contribution in [3.8, 4) is 5.75 Å². The van der Waals surface area contributed by atoms with E-state index in [0.29, 0.717) is 11.8 Å². The molecular formula is C25H23F5N4O3. The highest BCUT2D eigenvalue weighted by atomic mass is 19.3. The molecular weight excluding hydrogens is 499 g/mol. The molecule has 1 aliphatic heterocycles. The number of nitrogens with zero attached hydrogens (tertiary/aromatic N) is 4. The van der Waals surface area contributed by atoms with Gasteiger partial charge in [-0.2, -0.15) is 0 Å². The van der Waals surface area contributed by atoms with Crippen LogP contribution in [0.4, 0.5) is 22.0 Å². The summed E-state index contributed by atoms with van der Waals surface area (Å²) in [5.74, 6) is -5.57. The van der Waals surface area contributed by atoms with Gasteiger partial charge in [0.1, 0.15) is 30.3 Å². The number of aliphatic hydroxyl groups is 1. The number of aromatic nitrogens is 4. The Morgan fingerprint density at radius 2 is 1.76 bits per heavy atom. The summed E-state index contributed by atoms with van der Waals surface area (Å²) in [6.07, 6.45) is 1.24. The highest BCUT2D eigenvalue weighted by Crippen LogP contribution is 2.80. The van der Waals surface area contributed by atoms with E-state index in [0.717, 1.165) is 28.7 Å². The summed E-state index contributed by atoms with van der Waals surface area (Å²) in [6, 6.07) is 9.01. The standard InChI is InChI=1S/C25H23F5N4O3/c26-17-3-6-19(20(27)7-17)24(35,11-34-15-31-32-33-34)25(29,30)22-8-21(9-22,10-22)16-1-4-18(5-2-16)37-14-23(28)12-36-13-23/h1-7,15,35H,8-14H2/t21?,22?,24-/m0/s1. The van der Waals surface area contributed by atoms with Gasteiger partial charge in [-0.15, -0.1) is 5.10 Å². The predicted octanol–water partition coefficient (Wildman–Crippen LogP) is 3.71. The zero-order valence-electron chi connectivity index (χ0n) is 19.5. The second-order valence-electron chi connectivity index (χ2n) is 10.6. The minimum Gasteiger partial charge on any atom is -0.490 e. The van der Waals surface area contributed by atoms with Gasteiger partial charge in [-0.25, -0.2) is 26.6 Å². The van der Waals surface area contributed by atoms with E-state index >= 15 is 8.78 Å². The number of tetrazole rings is 1. The van der Waals surface area contributed by atoms with Crippen LogP contribution in [-0.4, -0.2) is 56.7 Å². The van der Waals surface area contributed by atoms with Crippen molar-refractivity contribution in [3.05, 3.63) is 71.6 Å². The molecule has 37 heavy (non-hydrogen) atoms. The molecule has 2 bridgehead atoms. The highest BCUT2D eigenvalue weighted by Gasteiger charge is 2.82. The molecule has 1 atom stereocenters. The van der Waals surface area contributed by atoms with Crippen LogP contribution in [0.15, 0.2) is 48.8 Å². The molecule has 7 nitrogen and oxygen atoms in total. The molecule has 0 spiro atoms. The van der Waals surface area contributed by atoms with Crippen LogP contribution in [0.5, 0.6) is 5.75 Å². The number of alkyl halides is 3. The Kier molecular flexibility index (Phi) is 5.20. The third-order valence-corrected chi connectivity index (χ3v) is 8.06. The molecule has 3 aliphatic carbocycles. The first kappa shape index (κ1) is 24.2. The lowest BCUT2D eigenvalue weighted by atomic mass is 9.30. The molecule has 2 aromatic carbocycles. The average molecular weight is 522 g/mol. The Balaban J connectivity index is 1.22. The maximum atomic E-state index is 16.2. The van der Waals surface area contributed by atoms with Crippen molar-refractivity contribution in [2.45, 2.75) is 48.4 Å². The third kappa shape index (κ3) is 3.56. The third-order valence-electron chi connectivity index (χ3n) is 8.06. The van der Waals surface area contributed by atoms with E-state index in [1.54, 1.807) is 24.3 Å². The number of halogens is 5. The normalized spacial score (nSPS) is 27.4. The highest BCUT2D eigenvalue weighted by molar-refractivity contribution is 5.44. The van der Waals surface area contributed by atoms with Gasteiger partial charge in [0, 0.05) is 17.0 Å². The molecule has 4 fully saturated rings. The fourth-order valence-corrected chi connectivity index (χ4v) is 6.06. The van der Waals surface area contributed by atoms with E-state index in [4.69, 9.17) is 9.47 Å². The van der Waals surface area contributed by atoms with Crippen molar-refractivity contribution in [1.29, 1.82) is 0 Å². The number of ether oxygens (including phenoxy) is 2. The van der Waals surface area contributed by atoms with E-state index < -0.39 is 51.8 Å². The monoisotopic (exact) mass is 522 g/mol. The molecule has 3 aromatic rings. The van der Waals surface area contributed by atoms with E-state index in [1.807, 2.05) is 0 Å². The predicted molar refractivity (Wildman–Crippen MR) is 118 cm³/mol. The maximum Gasteiger partial charge on any atom is 0.287 e.